The van der Waals surface area contributed by atoms with Gasteiger partial charge in [-0.2, -0.15) is 0 Å². The number of thioether (sulfide) groups is 1. The first kappa shape index (κ1) is 18.3. The molecule has 0 unspecified atom stereocenters. The smallest absolute Gasteiger partial charge is 0.262 e. The van der Waals surface area contributed by atoms with Gasteiger partial charge in [-0.25, -0.2) is 4.98 Å². The number of aryl methyl sites for hydroxylation is 2. The molecule has 0 aliphatic carbocycles. The summed E-state index contributed by atoms with van der Waals surface area (Å²) in [5, 5.41) is 1.04. The van der Waals surface area contributed by atoms with E-state index >= 15 is 0 Å². The minimum Gasteiger partial charge on any atom is -0.467 e. The molecule has 0 fully saturated rings. The van der Waals surface area contributed by atoms with Gasteiger partial charge in [-0.3, -0.25) is 14.2 Å². The lowest BCUT2D eigenvalue weighted by Gasteiger charge is -2.12. The van der Waals surface area contributed by atoms with Gasteiger partial charge in [-0.15, -0.1) is 0 Å². The summed E-state index contributed by atoms with van der Waals surface area (Å²) < 4.78 is 6.97. The number of carbonyl (C=O) groups excluding carboxylic acids is 1. The van der Waals surface area contributed by atoms with Gasteiger partial charge >= 0.3 is 0 Å². The first-order valence-electron chi connectivity index (χ1n) is 8.87. The van der Waals surface area contributed by atoms with E-state index in [1.807, 2.05) is 38.1 Å². The highest BCUT2D eigenvalue weighted by Gasteiger charge is 2.17. The lowest BCUT2D eigenvalue weighted by molar-refractivity contribution is 0.102. The second kappa shape index (κ2) is 7.52. The van der Waals surface area contributed by atoms with Crippen LogP contribution in [0.4, 0.5) is 0 Å². The first-order valence-corrected chi connectivity index (χ1v) is 9.85. The Kier molecular flexibility index (Phi) is 4.92. The molecule has 4 aromatic rings. The van der Waals surface area contributed by atoms with Crippen LogP contribution in [-0.2, 0) is 6.54 Å². The zero-order valence-corrected chi connectivity index (χ0v) is 16.4. The monoisotopic (exact) mass is 393 g/mol. The van der Waals surface area contributed by atoms with E-state index in [9.17, 15) is 9.59 Å². The van der Waals surface area contributed by atoms with Crippen molar-refractivity contribution in [2.45, 2.75) is 25.5 Å². The molecule has 1 N–H and O–H groups in total. The SMILES string of the molecule is Cc1cc(C(=O)CSc2nc3ccccc3c(=O)n2Cc2ccco2)c(C)[nH]1. The number of carbonyl (C=O) groups is 1. The number of aromatic amines is 1. The molecule has 0 radical (unpaired) electrons. The van der Waals surface area contributed by atoms with Gasteiger partial charge in [-0.05, 0) is 44.2 Å². The molecule has 3 aromatic heterocycles. The van der Waals surface area contributed by atoms with Crippen LogP contribution in [0.1, 0.15) is 27.5 Å². The van der Waals surface area contributed by atoms with Gasteiger partial charge in [0.05, 0.1) is 29.5 Å². The Labute approximate surface area is 165 Å². The van der Waals surface area contributed by atoms with Crippen LogP contribution in [0.3, 0.4) is 0 Å². The molecular weight excluding hydrogens is 374 g/mol. The van der Waals surface area contributed by atoms with Crippen LogP contribution in [-0.4, -0.2) is 26.1 Å². The van der Waals surface area contributed by atoms with Crippen molar-refractivity contribution in [1.82, 2.24) is 14.5 Å². The van der Waals surface area contributed by atoms with E-state index in [2.05, 4.69) is 9.97 Å². The van der Waals surface area contributed by atoms with E-state index in [0.717, 1.165) is 11.4 Å². The molecule has 142 valence electrons. The number of nitrogens with one attached hydrogen (secondary N) is 1. The maximum absolute atomic E-state index is 13.0. The number of hydrogen-bond acceptors (Lipinski definition) is 5. The van der Waals surface area contributed by atoms with E-state index < -0.39 is 0 Å². The Bertz CT molecular complexity index is 1210. The lowest BCUT2D eigenvalue weighted by atomic mass is 10.2. The van der Waals surface area contributed by atoms with Gasteiger partial charge in [-0.1, -0.05) is 23.9 Å². The van der Waals surface area contributed by atoms with Crippen LogP contribution in [0.15, 0.2) is 63.1 Å². The van der Waals surface area contributed by atoms with Crippen molar-refractivity contribution in [3.63, 3.8) is 0 Å². The minimum absolute atomic E-state index is 0.00111. The number of rotatable bonds is 6. The normalized spacial score (nSPS) is 11.2. The second-order valence-electron chi connectivity index (χ2n) is 6.59. The van der Waals surface area contributed by atoms with Gasteiger partial charge in [0.15, 0.2) is 10.9 Å². The molecule has 0 bridgehead atoms. The Balaban J connectivity index is 1.69. The summed E-state index contributed by atoms with van der Waals surface area (Å²) in [6.07, 6.45) is 1.57. The molecule has 6 nitrogen and oxygen atoms in total. The molecule has 3 heterocycles. The number of furan rings is 1. The number of aromatic nitrogens is 3. The van der Waals surface area contributed by atoms with Gasteiger partial charge in [0.2, 0.25) is 0 Å². The zero-order chi connectivity index (χ0) is 19.7. The number of nitrogens with zero attached hydrogens (tertiary/aromatic N) is 2. The van der Waals surface area contributed by atoms with Crippen molar-refractivity contribution in [3.05, 3.63) is 81.8 Å². The average molecular weight is 393 g/mol. The topological polar surface area (TPSA) is 80.9 Å². The highest BCUT2D eigenvalue weighted by Crippen LogP contribution is 2.21. The third-order valence-electron chi connectivity index (χ3n) is 4.50. The van der Waals surface area contributed by atoms with Crippen LogP contribution in [0.25, 0.3) is 10.9 Å². The highest BCUT2D eigenvalue weighted by molar-refractivity contribution is 7.99. The average Bonchev–Trinajstić information content (AvgIpc) is 3.31. The molecule has 0 atom stereocenters. The van der Waals surface area contributed by atoms with Crippen molar-refractivity contribution >= 4 is 28.4 Å². The number of benzene rings is 1. The fourth-order valence-electron chi connectivity index (χ4n) is 3.18. The van der Waals surface area contributed by atoms with Crippen molar-refractivity contribution < 1.29 is 9.21 Å². The van der Waals surface area contributed by atoms with E-state index in [-0.39, 0.29) is 23.6 Å². The molecule has 0 aliphatic rings. The predicted octanol–water partition coefficient (Wildman–Crippen LogP) is 3.96. The number of fused-ring (bicyclic) bond motifs is 1. The molecule has 28 heavy (non-hydrogen) atoms. The van der Waals surface area contributed by atoms with Gasteiger partial charge in [0.25, 0.3) is 5.56 Å². The van der Waals surface area contributed by atoms with Crippen LogP contribution in [0.2, 0.25) is 0 Å². The molecule has 0 saturated heterocycles. The van der Waals surface area contributed by atoms with Gasteiger partial charge < -0.3 is 9.40 Å². The van der Waals surface area contributed by atoms with Crippen LogP contribution < -0.4 is 5.56 Å². The highest BCUT2D eigenvalue weighted by atomic mass is 32.2. The molecule has 4 rings (SSSR count). The molecule has 0 aliphatic heterocycles. The van der Waals surface area contributed by atoms with Crippen molar-refractivity contribution in [3.8, 4) is 0 Å². The summed E-state index contributed by atoms with van der Waals surface area (Å²) >= 11 is 1.27. The maximum atomic E-state index is 13.0. The number of para-hydroxylation sites is 1. The predicted molar refractivity (Wildman–Crippen MR) is 109 cm³/mol. The quantitative estimate of drug-likeness (QED) is 0.305. The first-order chi connectivity index (χ1) is 13.5. The van der Waals surface area contributed by atoms with Gasteiger partial charge in [0.1, 0.15) is 5.76 Å². The summed E-state index contributed by atoms with van der Waals surface area (Å²) in [4.78, 5) is 33.5. The third-order valence-corrected chi connectivity index (χ3v) is 5.48. The fraction of sp³-hybridized carbons (Fsp3) is 0.190. The lowest BCUT2D eigenvalue weighted by Crippen LogP contribution is -2.24. The van der Waals surface area contributed by atoms with Crippen molar-refractivity contribution in [1.29, 1.82) is 0 Å². The molecule has 1 aromatic carbocycles. The Morgan fingerprint density at radius 2 is 2.04 bits per heavy atom. The molecule has 0 spiro atoms. The van der Waals surface area contributed by atoms with E-state index in [4.69, 9.17) is 4.42 Å². The number of Topliss-reactive ketones (excluding diaryl/α,β-unsaturated/α-hetero) is 1. The molecule has 0 saturated carbocycles. The summed E-state index contributed by atoms with van der Waals surface area (Å²) in [7, 11) is 0. The summed E-state index contributed by atoms with van der Waals surface area (Å²) in [5.74, 6) is 0.851. The van der Waals surface area contributed by atoms with E-state index in [1.54, 1.807) is 29.0 Å². The molecular formula is C21H19N3O3S. The third kappa shape index (κ3) is 3.53. The molecule has 7 heteroatoms. The molecule has 0 amide bonds. The van der Waals surface area contributed by atoms with Crippen molar-refractivity contribution in [2.24, 2.45) is 0 Å². The number of hydrogen-bond donors (Lipinski definition) is 1. The summed E-state index contributed by atoms with van der Waals surface area (Å²) in [6, 6.07) is 12.7. The second-order valence-corrected chi connectivity index (χ2v) is 7.53. The summed E-state index contributed by atoms with van der Waals surface area (Å²) in [6.45, 7) is 4.07. The Morgan fingerprint density at radius 3 is 2.75 bits per heavy atom. The van der Waals surface area contributed by atoms with Crippen LogP contribution >= 0.6 is 11.8 Å². The zero-order valence-electron chi connectivity index (χ0n) is 15.6. The Hall–Kier alpha value is -3.06. The van der Waals surface area contributed by atoms with Crippen molar-refractivity contribution in [2.75, 3.05) is 5.75 Å². The minimum atomic E-state index is -0.148. The van der Waals surface area contributed by atoms with Gasteiger partial charge in [0, 0.05) is 17.0 Å². The maximum Gasteiger partial charge on any atom is 0.262 e. The fourth-order valence-corrected chi connectivity index (χ4v) is 4.06. The van der Waals surface area contributed by atoms with Crippen LogP contribution in [0, 0.1) is 13.8 Å². The standard InChI is InChI=1S/C21H19N3O3S/c1-13-10-17(14(2)22-13)19(25)12-28-21-23-18-8-4-3-7-16(18)20(26)24(21)11-15-6-5-9-27-15/h3-10,22H,11-12H2,1-2H3. The number of ketones is 1. The van der Waals surface area contributed by atoms with Crippen LogP contribution in [0.5, 0.6) is 0 Å². The number of H-pyrrole nitrogens is 1. The largest absolute Gasteiger partial charge is 0.467 e. The Morgan fingerprint density at radius 1 is 1.21 bits per heavy atom. The van der Waals surface area contributed by atoms with E-state index in [0.29, 0.717) is 27.4 Å². The summed E-state index contributed by atoms with van der Waals surface area (Å²) in [5.41, 5.74) is 2.94. The van der Waals surface area contributed by atoms with E-state index in [1.165, 1.54) is 11.8 Å².